The van der Waals surface area contributed by atoms with Crippen molar-refractivity contribution in [1.29, 1.82) is 0 Å². The summed E-state index contributed by atoms with van der Waals surface area (Å²) in [6, 6.07) is 8.09. The number of aromatic nitrogens is 3. The molecule has 3 aromatic rings. The zero-order valence-corrected chi connectivity index (χ0v) is 65.8. The van der Waals surface area contributed by atoms with Gasteiger partial charge in [0, 0.05) is 35.6 Å². The van der Waals surface area contributed by atoms with Crippen molar-refractivity contribution in [2.45, 2.75) is 427 Å². The average Bonchev–Trinajstić information content (AvgIpc) is 0.830. The Bertz CT molecular complexity index is 2010. The summed E-state index contributed by atoms with van der Waals surface area (Å²) in [5.74, 6) is 4.75. The number of hydrogen-bond donors (Lipinski definition) is 3. The predicted molar refractivity (Wildman–Crippen MR) is 428 cm³/mol. The van der Waals surface area contributed by atoms with Crippen molar-refractivity contribution >= 4 is 29.2 Å². The van der Waals surface area contributed by atoms with E-state index in [-0.39, 0.29) is 5.95 Å². The maximum atomic E-state index is 6.79. The third-order valence-corrected chi connectivity index (χ3v) is 19.7. The summed E-state index contributed by atoms with van der Waals surface area (Å²) < 4.78 is 40.7. The van der Waals surface area contributed by atoms with E-state index in [9.17, 15) is 0 Å². The molecule has 0 spiro atoms. The van der Waals surface area contributed by atoms with E-state index in [1.807, 2.05) is 24.3 Å². The number of benzene rings is 2. The number of nitrogens with zero attached hydrogens (tertiary/aromatic N) is 3. The molecule has 0 atom stereocenters. The first-order chi connectivity index (χ1) is 49.0. The molecule has 0 fully saturated rings. The standard InChI is InChI=1S/C87H158N6O6/c1-7-13-19-25-31-37-43-49-55-61-67-94-79-73-77(74-80(95-68-62-56-50-44-38-32-26-20-14-8-2)83(79)98-71-65-59-53-47-41-35-29-23-17-11-5)89-86-91-85(88)92-87(93-86)90-78-75-81(96-69-63-57-51-45-39-33-27-21-15-9-3)84(99-72-66-60-54-48-42-36-30-24-18-12-6)82(76-78)97-70-64-58-52-46-40-34-28-22-16-10-4/h73-76H,7-72H2,1-6H3,(H4,88,89,90,91,92,93). The van der Waals surface area contributed by atoms with Crippen molar-refractivity contribution in [3.8, 4) is 34.5 Å². The Hall–Kier alpha value is -4.35. The van der Waals surface area contributed by atoms with Gasteiger partial charge in [0.25, 0.3) is 0 Å². The second-order valence-electron chi connectivity index (χ2n) is 29.4. The maximum absolute atomic E-state index is 6.79. The molecule has 0 aliphatic carbocycles. The number of hydrogen-bond acceptors (Lipinski definition) is 12. The van der Waals surface area contributed by atoms with Gasteiger partial charge in [-0.15, -0.1) is 0 Å². The molecule has 1 heterocycles. The predicted octanol–water partition coefficient (Wildman–Crippen LogP) is 28.7. The Kier molecular flexibility index (Phi) is 60.0. The lowest BCUT2D eigenvalue weighted by molar-refractivity contribution is 0.234. The smallest absolute Gasteiger partial charge is 0.233 e. The minimum atomic E-state index is 0.0904. The number of nitrogens with one attached hydrogen (secondary N) is 2. The van der Waals surface area contributed by atoms with Crippen molar-refractivity contribution in [2.75, 3.05) is 56.0 Å². The molecule has 12 nitrogen and oxygen atoms in total. The van der Waals surface area contributed by atoms with E-state index in [1.165, 1.54) is 308 Å². The third-order valence-electron chi connectivity index (χ3n) is 19.7. The van der Waals surface area contributed by atoms with Gasteiger partial charge in [0.1, 0.15) is 0 Å². The zero-order valence-electron chi connectivity index (χ0n) is 65.8. The van der Waals surface area contributed by atoms with Crippen LogP contribution in [-0.2, 0) is 0 Å². The molecular formula is C87H158N6O6. The molecule has 2 aromatic carbocycles. The fourth-order valence-electron chi connectivity index (χ4n) is 13.4. The van der Waals surface area contributed by atoms with Crippen LogP contribution in [0.2, 0.25) is 0 Å². The summed E-state index contributed by atoms with van der Waals surface area (Å²) in [6.45, 7) is 17.3. The van der Waals surface area contributed by atoms with Crippen molar-refractivity contribution in [2.24, 2.45) is 0 Å². The molecule has 99 heavy (non-hydrogen) atoms. The van der Waals surface area contributed by atoms with Crippen LogP contribution in [0.4, 0.5) is 29.2 Å². The quantitative estimate of drug-likeness (QED) is 0.0463. The van der Waals surface area contributed by atoms with Gasteiger partial charge < -0.3 is 44.8 Å². The van der Waals surface area contributed by atoms with Gasteiger partial charge in [-0.3, -0.25) is 0 Å². The first-order valence-corrected chi connectivity index (χ1v) is 43.1. The third kappa shape index (κ3) is 49.8. The van der Waals surface area contributed by atoms with Crippen LogP contribution < -0.4 is 44.8 Å². The number of ether oxygens (including phenoxy) is 6. The molecule has 1 aromatic heterocycles. The summed E-state index contributed by atoms with van der Waals surface area (Å²) in [4.78, 5) is 14.3. The molecule has 0 bridgehead atoms. The second kappa shape index (κ2) is 66.9. The van der Waals surface area contributed by atoms with Crippen molar-refractivity contribution < 1.29 is 28.4 Å². The Labute approximate surface area is 611 Å². The van der Waals surface area contributed by atoms with Gasteiger partial charge >= 0.3 is 0 Å². The summed E-state index contributed by atoms with van der Waals surface area (Å²) in [5, 5.41) is 7.05. The molecule has 0 aliphatic rings. The van der Waals surface area contributed by atoms with Gasteiger partial charge in [-0.2, -0.15) is 15.0 Å². The number of unbranched alkanes of at least 4 members (excludes halogenated alkanes) is 54. The van der Waals surface area contributed by atoms with Crippen LogP contribution in [0.15, 0.2) is 24.3 Å². The lowest BCUT2D eigenvalue weighted by Gasteiger charge is -2.20. The van der Waals surface area contributed by atoms with Gasteiger partial charge in [-0.25, -0.2) is 0 Å². The fourth-order valence-corrected chi connectivity index (χ4v) is 13.4. The molecule has 4 N–H and O–H groups in total. The first-order valence-electron chi connectivity index (χ1n) is 43.1. The fraction of sp³-hybridized carbons (Fsp3) is 0.828. The summed E-state index contributed by atoms with van der Waals surface area (Å²) in [6.07, 6.45) is 76.0. The van der Waals surface area contributed by atoms with Crippen LogP contribution in [0.1, 0.15) is 427 Å². The van der Waals surface area contributed by atoms with E-state index in [1.54, 1.807) is 0 Å². The highest BCUT2D eigenvalue weighted by Crippen LogP contribution is 2.44. The van der Waals surface area contributed by atoms with Gasteiger partial charge in [0.2, 0.25) is 29.3 Å². The second-order valence-corrected chi connectivity index (χ2v) is 29.4. The number of nitrogens with two attached hydrogens (primary N) is 1. The Morgan fingerprint density at radius 3 is 0.566 bits per heavy atom. The SMILES string of the molecule is CCCCCCCCCCCCOc1cc(Nc2nc(N)nc(Nc3cc(OCCCCCCCCCCCC)c(OCCCCCCCCCCCC)c(OCCCCCCCCCCCC)c3)n2)cc(OCCCCCCCCCCCC)c1OCCCCCCCCCCCC. The molecule has 0 radical (unpaired) electrons. The van der Waals surface area contributed by atoms with E-state index < -0.39 is 0 Å². The van der Waals surface area contributed by atoms with Crippen LogP contribution in [0.25, 0.3) is 0 Å². The van der Waals surface area contributed by atoms with Gasteiger partial charge in [0.05, 0.1) is 39.6 Å². The van der Waals surface area contributed by atoms with Crippen molar-refractivity contribution in [3.63, 3.8) is 0 Å². The maximum Gasteiger partial charge on any atom is 0.233 e. The highest BCUT2D eigenvalue weighted by Gasteiger charge is 2.20. The zero-order chi connectivity index (χ0) is 70.6. The van der Waals surface area contributed by atoms with Gasteiger partial charge in [0.15, 0.2) is 23.0 Å². The molecule has 0 unspecified atom stereocenters. The van der Waals surface area contributed by atoms with Crippen LogP contribution in [-0.4, -0.2) is 54.6 Å². The summed E-state index contributed by atoms with van der Waals surface area (Å²) in [7, 11) is 0. The highest BCUT2D eigenvalue weighted by molar-refractivity contribution is 5.68. The number of nitrogen functional groups attached to an aromatic ring is 1. The monoisotopic (exact) mass is 1380 g/mol. The number of rotatable bonds is 76. The highest BCUT2D eigenvalue weighted by atomic mass is 16.5. The van der Waals surface area contributed by atoms with E-state index >= 15 is 0 Å². The van der Waals surface area contributed by atoms with E-state index in [4.69, 9.17) is 39.1 Å². The number of anilines is 5. The van der Waals surface area contributed by atoms with Crippen molar-refractivity contribution in [1.82, 2.24) is 15.0 Å². The van der Waals surface area contributed by atoms with Crippen LogP contribution in [0, 0.1) is 0 Å². The lowest BCUT2D eigenvalue weighted by atomic mass is 10.1. The molecule has 0 saturated heterocycles. The van der Waals surface area contributed by atoms with Gasteiger partial charge in [-0.05, 0) is 38.5 Å². The Morgan fingerprint density at radius 1 is 0.222 bits per heavy atom. The Balaban J connectivity index is 1.96. The summed E-state index contributed by atoms with van der Waals surface area (Å²) >= 11 is 0. The Morgan fingerprint density at radius 2 is 0.384 bits per heavy atom. The van der Waals surface area contributed by atoms with E-state index in [0.29, 0.717) is 86.0 Å². The lowest BCUT2D eigenvalue weighted by Crippen LogP contribution is -2.10. The first kappa shape index (κ1) is 88.9. The molecule has 0 saturated carbocycles. The molecular weight excluding hydrogens is 1220 g/mol. The average molecular weight is 1380 g/mol. The largest absolute Gasteiger partial charge is 0.489 e. The normalized spacial score (nSPS) is 11.4. The molecule has 3 rings (SSSR count). The van der Waals surface area contributed by atoms with Crippen LogP contribution in [0.5, 0.6) is 34.5 Å². The molecule has 12 heteroatoms. The molecule has 0 amide bonds. The topological polar surface area (TPSA) is 144 Å². The van der Waals surface area contributed by atoms with Crippen LogP contribution in [0.3, 0.4) is 0 Å². The molecule has 0 aliphatic heterocycles. The van der Waals surface area contributed by atoms with Crippen LogP contribution >= 0.6 is 0 Å². The minimum absolute atomic E-state index is 0.0904. The molecule has 572 valence electrons. The van der Waals surface area contributed by atoms with E-state index in [2.05, 4.69) is 62.1 Å². The van der Waals surface area contributed by atoms with E-state index in [0.717, 1.165) is 88.4 Å². The van der Waals surface area contributed by atoms with Gasteiger partial charge in [-0.1, -0.05) is 388 Å². The summed E-state index contributed by atoms with van der Waals surface area (Å²) in [5.41, 5.74) is 8.07. The van der Waals surface area contributed by atoms with Crippen molar-refractivity contribution in [3.05, 3.63) is 24.3 Å². The minimum Gasteiger partial charge on any atom is -0.489 e.